The lowest BCUT2D eigenvalue weighted by atomic mass is 9.96. The van der Waals surface area contributed by atoms with Crippen LogP contribution in [0.4, 0.5) is 11.6 Å². The Hall–Kier alpha value is -1.44. The van der Waals surface area contributed by atoms with Crippen LogP contribution in [0.2, 0.25) is 0 Å². The Balaban J connectivity index is 1.63. The second kappa shape index (κ2) is 7.90. The molecule has 2 atom stereocenters. The lowest BCUT2D eigenvalue weighted by molar-refractivity contribution is 0.176. The molecule has 1 aromatic heterocycles. The second-order valence-corrected chi connectivity index (χ2v) is 6.53. The standard InChI is InChI=1S/C16H27N5O2/c22-6-3-17-15-7-16(19-12-18-15)21-9-13(14(10-21)11-23)8-20-4-1-2-5-20/h7,12-14,22-23H,1-6,8-11H2,(H,17,18,19)/t13-,14-/m1/s1. The molecule has 7 nitrogen and oxygen atoms in total. The van der Waals surface area contributed by atoms with Gasteiger partial charge in [0.15, 0.2) is 0 Å². The summed E-state index contributed by atoms with van der Waals surface area (Å²) in [5.74, 6) is 2.41. The molecule has 2 aliphatic heterocycles. The summed E-state index contributed by atoms with van der Waals surface area (Å²) in [6.45, 7) is 6.01. The molecule has 7 heteroatoms. The summed E-state index contributed by atoms with van der Waals surface area (Å²) in [7, 11) is 0. The van der Waals surface area contributed by atoms with E-state index in [-0.39, 0.29) is 13.2 Å². The number of nitrogens with one attached hydrogen (secondary N) is 1. The molecule has 2 saturated heterocycles. The van der Waals surface area contributed by atoms with Crippen LogP contribution in [0.25, 0.3) is 0 Å². The molecule has 3 rings (SSSR count). The maximum absolute atomic E-state index is 9.73. The van der Waals surface area contributed by atoms with Crippen LogP contribution in [0, 0.1) is 11.8 Å². The maximum atomic E-state index is 9.73. The molecule has 0 spiro atoms. The molecule has 23 heavy (non-hydrogen) atoms. The fourth-order valence-electron chi connectivity index (χ4n) is 3.64. The minimum Gasteiger partial charge on any atom is -0.396 e. The maximum Gasteiger partial charge on any atom is 0.134 e. The third-order valence-corrected chi connectivity index (χ3v) is 4.90. The normalized spacial score (nSPS) is 25.2. The third kappa shape index (κ3) is 4.10. The van der Waals surface area contributed by atoms with Gasteiger partial charge < -0.3 is 25.3 Å². The van der Waals surface area contributed by atoms with Crippen molar-refractivity contribution in [3.8, 4) is 0 Å². The van der Waals surface area contributed by atoms with Crippen LogP contribution in [0.5, 0.6) is 0 Å². The van der Waals surface area contributed by atoms with Crippen LogP contribution in [-0.4, -0.2) is 77.6 Å². The van der Waals surface area contributed by atoms with Gasteiger partial charge >= 0.3 is 0 Å². The zero-order valence-electron chi connectivity index (χ0n) is 13.6. The highest BCUT2D eigenvalue weighted by molar-refractivity contribution is 5.49. The first-order valence-electron chi connectivity index (χ1n) is 8.55. The number of hydrogen-bond acceptors (Lipinski definition) is 7. The molecule has 1 aromatic rings. The average molecular weight is 321 g/mol. The van der Waals surface area contributed by atoms with Crippen LogP contribution in [-0.2, 0) is 0 Å². The van der Waals surface area contributed by atoms with Crippen molar-refractivity contribution in [2.45, 2.75) is 12.8 Å². The van der Waals surface area contributed by atoms with Gasteiger partial charge in [-0.2, -0.15) is 0 Å². The lowest BCUT2D eigenvalue weighted by Gasteiger charge is -2.23. The Morgan fingerprint density at radius 1 is 1.13 bits per heavy atom. The van der Waals surface area contributed by atoms with Crippen molar-refractivity contribution >= 4 is 11.6 Å². The van der Waals surface area contributed by atoms with Crippen molar-refractivity contribution in [1.29, 1.82) is 0 Å². The highest BCUT2D eigenvalue weighted by atomic mass is 16.3. The molecule has 0 unspecified atom stereocenters. The summed E-state index contributed by atoms with van der Waals surface area (Å²) in [5.41, 5.74) is 0. The van der Waals surface area contributed by atoms with Crippen LogP contribution in [0.3, 0.4) is 0 Å². The van der Waals surface area contributed by atoms with E-state index in [0.717, 1.165) is 31.3 Å². The van der Waals surface area contributed by atoms with E-state index >= 15 is 0 Å². The van der Waals surface area contributed by atoms with Gasteiger partial charge in [0.2, 0.25) is 0 Å². The molecule has 3 N–H and O–H groups in total. The molecule has 0 bridgehead atoms. The zero-order chi connectivity index (χ0) is 16.1. The first-order valence-corrected chi connectivity index (χ1v) is 8.55. The van der Waals surface area contributed by atoms with E-state index in [1.807, 2.05) is 6.07 Å². The summed E-state index contributed by atoms with van der Waals surface area (Å²) in [5, 5.41) is 21.7. The Morgan fingerprint density at radius 3 is 2.65 bits per heavy atom. The van der Waals surface area contributed by atoms with Crippen molar-refractivity contribution < 1.29 is 10.2 Å². The number of nitrogens with zero attached hydrogens (tertiary/aromatic N) is 4. The molecule has 2 aliphatic rings. The highest BCUT2D eigenvalue weighted by Crippen LogP contribution is 2.29. The van der Waals surface area contributed by atoms with E-state index in [1.165, 1.54) is 25.9 Å². The molecule has 2 fully saturated rings. The van der Waals surface area contributed by atoms with Gasteiger partial charge in [0.25, 0.3) is 0 Å². The number of anilines is 2. The van der Waals surface area contributed by atoms with Crippen LogP contribution < -0.4 is 10.2 Å². The van der Waals surface area contributed by atoms with Gasteiger partial charge in [-0.15, -0.1) is 0 Å². The Morgan fingerprint density at radius 2 is 1.91 bits per heavy atom. The van der Waals surface area contributed by atoms with Crippen molar-refractivity contribution in [3.05, 3.63) is 12.4 Å². The second-order valence-electron chi connectivity index (χ2n) is 6.53. The SMILES string of the molecule is OCCNc1cc(N2C[C@@H](CN3CCCC3)[C@@H](CO)C2)ncn1. The van der Waals surface area contributed by atoms with Gasteiger partial charge in [0.05, 0.1) is 6.61 Å². The Kier molecular flexibility index (Phi) is 5.64. The number of aliphatic hydroxyl groups excluding tert-OH is 2. The molecular weight excluding hydrogens is 294 g/mol. The van der Waals surface area contributed by atoms with Crippen molar-refractivity contribution in [1.82, 2.24) is 14.9 Å². The Bertz CT molecular complexity index is 495. The van der Waals surface area contributed by atoms with Crippen LogP contribution in [0.1, 0.15) is 12.8 Å². The topological polar surface area (TPSA) is 84.8 Å². The van der Waals surface area contributed by atoms with E-state index < -0.39 is 0 Å². The summed E-state index contributed by atoms with van der Waals surface area (Å²) in [6, 6.07) is 1.92. The average Bonchev–Trinajstić information content (AvgIpc) is 3.23. The quantitative estimate of drug-likeness (QED) is 0.653. The molecule has 128 valence electrons. The van der Waals surface area contributed by atoms with Gasteiger partial charge in [-0.05, 0) is 31.8 Å². The summed E-state index contributed by atoms with van der Waals surface area (Å²) in [6.07, 6.45) is 4.15. The molecule has 0 amide bonds. The van der Waals surface area contributed by atoms with Crippen molar-refractivity contribution in [3.63, 3.8) is 0 Å². The molecule has 0 radical (unpaired) electrons. The molecule has 0 aliphatic carbocycles. The first-order chi connectivity index (χ1) is 11.3. The van der Waals surface area contributed by atoms with E-state index in [0.29, 0.717) is 18.4 Å². The number of hydrogen-bond donors (Lipinski definition) is 3. The van der Waals surface area contributed by atoms with Crippen molar-refractivity contribution in [2.24, 2.45) is 11.8 Å². The largest absolute Gasteiger partial charge is 0.396 e. The third-order valence-electron chi connectivity index (χ3n) is 4.90. The van der Waals surface area contributed by atoms with E-state index in [9.17, 15) is 5.11 Å². The van der Waals surface area contributed by atoms with Gasteiger partial charge in [-0.1, -0.05) is 0 Å². The molecule has 3 heterocycles. The zero-order valence-corrected chi connectivity index (χ0v) is 13.6. The van der Waals surface area contributed by atoms with Gasteiger partial charge in [0.1, 0.15) is 18.0 Å². The van der Waals surface area contributed by atoms with E-state index in [1.54, 1.807) is 6.33 Å². The van der Waals surface area contributed by atoms with E-state index in [2.05, 4.69) is 25.1 Å². The van der Waals surface area contributed by atoms with Crippen LogP contribution >= 0.6 is 0 Å². The molecular formula is C16H27N5O2. The van der Waals surface area contributed by atoms with Crippen LogP contribution in [0.15, 0.2) is 12.4 Å². The fourth-order valence-corrected chi connectivity index (χ4v) is 3.64. The van der Waals surface area contributed by atoms with Gasteiger partial charge in [0, 0.05) is 44.8 Å². The summed E-state index contributed by atoms with van der Waals surface area (Å²) >= 11 is 0. The first kappa shape index (κ1) is 16.4. The van der Waals surface area contributed by atoms with E-state index in [4.69, 9.17) is 5.11 Å². The monoisotopic (exact) mass is 321 g/mol. The highest BCUT2D eigenvalue weighted by Gasteiger charge is 2.34. The predicted octanol–water partition coefficient (Wildman–Crippen LogP) is 0.0213. The number of aliphatic hydroxyl groups is 2. The lowest BCUT2D eigenvalue weighted by Crippen LogP contribution is -2.32. The number of aromatic nitrogens is 2. The van der Waals surface area contributed by atoms with Gasteiger partial charge in [-0.25, -0.2) is 9.97 Å². The Labute approximate surface area is 137 Å². The number of likely N-dealkylation sites (tertiary alicyclic amines) is 1. The minimum atomic E-state index is 0.0769. The summed E-state index contributed by atoms with van der Waals surface area (Å²) in [4.78, 5) is 13.3. The minimum absolute atomic E-state index is 0.0769. The fraction of sp³-hybridized carbons (Fsp3) is 0.750. The van der Waals surface area contributed by atoms with Crippen molar-refractivity contribution in [2.75, 3.05) is 62.7 Å². The molecule has 0 saturated carbocycles. The summed E-state index contributed by atoms with van der Waals surface area (Å²) < 4.78 is 0. The number of rotatable bonds is 7. The van der Waals surface area contributed by atoms with Gasteiger partial charge in [-0.3, -0.25) is 0 Å². The smallest absolute Gasteiger partial charge is 0.134 e. The molecule has 0 aromatic carbocycles. The predicted molar refractivity (Wildman–Crippen MR) is 89.6 cm³/mol.